The highest BCUT2D eigenvalue weighted by Crippen LogP contribution is 2.23. The van der Waals surface area contributed by atoms with Crippen molar-refractivity contribution in [2.75, 3.05) is 26.7 Å². The van der Waals surface area contributed by atoms with Crippen molar-refractivity contribution in [1.82, 2.24) is 20.9 Å². The fourth-order valence-corrected chi connectivity index (χ4v) is 2.36. The van der Waals surface area contributed by atoms with Gasteiger partial charge in [0.1, 0.15) is 0 Å². The highest BCUT2D eigenvalue weighted by Gasteiger charge is 2.38. The zero-order valence-corrected chi connectivity index (χ0v) is 12.1. The molecule has 1 saturated heterocycles. The van der Waals surface area contributed by atoms with Gasteiger partial charge in [-0.25, -0.2) is 4.79 Å². The average Bonchev–Trinajstić information content (AvgIpc) is 2.43. The van der Waals surface area contributed by atoms with Crippen molar-refractivity contribution in [3.05, 3.63) is 0 Å². The van der Waals surface area contributed by atoms with Gasteiger partial charge in [0.05, 0.1) is 12.6 Å². The van der Waals surface area contributed by atoms with E-state index in [4.69, 9.17) is 0 Å². The molecule has 0 aromatic carbocycles. The number of imide groups is 1. The van der Waals surface area contributed by atoms with Crippen LogP contribution in [0.2, 0.25) is 0 Å². The van der Waals surface area contributed by atoms with Gasteiger partial charge in [-0.05, 0) is 32.9 Å². The largest absolute Gasteiger partial charge is 0.401 e. The zero-order chi connectivity index (χ0) is 16.0. The quantitative estimate of drug-likeness (QED) is 0.705. The van der Waals surface area contributed by atoms with E-state index in [1.54, 1.807) is 0 Å². The second-order valence-corrected chi connectivity index (χ2v) is 5.01. The summed E-state index contributed by atoms with van der Waals surface area (Å²) in [5.41, 5.74) is 0. The number of alkyl halides is 3. The van der Waals surface area contributed by atoms with Crippen molar-refractivity contribution in [3.63, 3.8) is 0 Å². The van der Waals surface area contributed by atoms with Gasteiger partial charge < -0.3 is 10.6 Å². The molecule has 0 radical (unpaired) electrons. The normalized spacial score (nSPS) is 18.4. The van der Waals surface area contributed by atoms with Gasteiger partial charge in [-0.3, -0.25) is 15.0 Å². The fraction of sp³-hybridized carbons (Fsp3) is 0.833. The number of carbonyl (C=O) groups is 2. The Hall–Kier alpha value is -1.35. The summed E-state index contributed by atoms with van der Waals surface area (Å²) < 4.78 is 38.2. The van der Waals surface area contributed by atoms with Crippen molar-refractivity contribution < 1.29 is 22.8 Å². The van der Waals surface area contributed by atoms with Crippen LogP contribution in [-0.2, 0) is 4.79 Å². The van der Waals surface area contributed by atoms with Gasteiger partial charge in [0, 0.05) is 13.1 Å². The molecule has 6 nitrogen and oxygen atoms in total. The van der Waals surface area contributed by atoms with Crippen LogP contribution < -0.4 is 16.0 Å². The molecule has 0 aliphatic carbocycles. The Morgan fingerprint density at radius 2 is 1.90 bits per heavy atom. The van der Waals surface area contributed by atoms with E-state index in [1.165, 1.54) is 14.0 Å². The molecule has 1 aliphatic rings. The van der Waals surface area contributed by atoms with Crippen LogP contribution in [0.15, 0.2) is 0 Å². The third-order valence-corrected chi connectivity index (χ3v) is 3.48. The number of urea groups is 1. The number of piperidine rings is 1. The van der Waals surface area contributed by atoms with E-state index in [1.807, 2.05) is 5.32 Å². The van der Waals surface area contributed by atoms with E-state index in [-0.39, 0.29) is 6.04 Å². The smallest absolute Gasteiger partial charge is 0.341 e. The third-order valence-electron chi connectivity index (χ3n) is 3.48. The molecule has 0 spiro atoms. The summed E-state index contributed by atoms with van der Waals surface area (Å²) in [4.78, 5) is 24.1. The van der Waals surface area contributed by atoms with Crippen LogP contribution in [-0.4, -0.2) is 61.8 Å². The molecule has 21 heavy (non-hydrogen) atoms. The second-order valence-electron chi connectivity index (χ2n) is 5.01. The predicted molar refractivity (Wildman–Crippen MR) is 70.7 cm³/mol. The number of rotatable bonds is 4. The molecule has 9 heteroatoms. The zero-order valence-electron chi connectivity index (χ0n) is 12.1. The van der Waals surface area contributed by atoms with Crippen LogP contribution in [0.1, 0.15) is 19.8 Å². The number of amides is 3. The lowest BCUT2D eigenvalue weighted by molar-refractivity contribution is -0.160. The summed E-state index contributed by atoms with van der Waals surface area (Å²) in [6.07, 6.45) is -3.33. The molecule has 3 N–H and O–H groups in total. The van der Waals surface area contributed by atoms with Crippen LogP contribution >= 0.6 is 0 Å². The molecular formula is C12H21F3N4O2. The summed E-state index contributed by atoms with van der Waals surface area (Å²) in [5.74, 6) is -0.739. The Kier molecular flexibility index (Phi) is 6.41. The van der Waals surface area contributed by atoms with E-state index < -0.39 is 30.7 Å². The first kappa shape index (κ1) is 17.7. The minimum atomic E-state index is -4.40. The van der Waals surface area contributed by atoms with Crippen molar-refractivity contribution in [1.29, 1.82) is 0 Å². The maximum atomic E-state index is 12.7. The van der Waals surface area contributed by atoms with Crippen molar-refractivity contribution in [2.24, 2.45) is 0 Å². The molecule has 1 aliphatic heterocycles. The summed E-state index contributed by atoms with van der Waals surface area (Å²) in [6, 6.07) is -2.10. The third kappa shape index (κ3) is 5.88. The van der Waals surface area contributed by atoms with Gasteiger partial charge in [0.2, 0.25) is 5.91 Å². The molecule has 0 aromatic rings. The SMILES string of the molecule is CNC(=O)NC(=O)C(C)N(CC(F)(F)F)C1CCNCC1. The molecule has 122 valence electrons. The molecule has 1 rings (SSSR count). The Morgan fingerprint density at radius 1 is 1.33 bits per heavy atom. The molecule has 1 heterocycles. The topological polar surface area (TPSA) is 73.5 Å². The van der Waals surface area contributed by atoms with Gasteiger partial charge in [-0.2, -0.15) is 13.2 Å². The van der Waals surface area contributed by atoms with Crippen LogP contribution in [0, 0.1) is 0 Å². The number of nitrogens with zero attached hydrogens (tertiary/aromatic N) is 1. The first-order valence-electron chi connectivity index (χ1n) is 6.80. The van der Waals surface area contributed by atoms with Crippen molar-refractivity contribution in [2.45, 2.75) is 38.0 Å². The lowest BCUT2D eigenvalue weighted by Crippen LogP contribution is -2.56. The van der Waals surface area contributed by atoms with Crippen LogP contribution in [0.3, 0.4) is 0 Å². The first-order valence-corrected chi connectivity index (χ1v) is 6.80. The number of nitrogens with one attached hydrogen (secondary N) is 3. The monoisotopic (exact) mass is 310 g/mol. The van der Waals surface area contributed by atoms with Gasteiger partial charge in [0.15, 0.2) is 0 Å². The minimum absolute atomic E-state index is 0.335. The second kappa shape index (κ2) is 7.60. The van der Waals surface area contributed by atoms with Crippen LogP contribution in [0.25, 0.3) is 0 Å². The Labute approximate surface area is 121 Å². The molecule has 1 unspecified atom stereocenters. The van der Waals surface area contributed by atoms with E-state index >= 15 is 0 Å². The number of halogens is 3. The summed E-state index contributed by atoms with van der Waals surface area (Å²) in [6.45, 7) is 1.44. The lowest BCUT2D eigenvalue weighted by Gasteiger charge is -2.38. The number of hydrogen-bond donors (Lipinski definition) is 3. The number of hydrogen-bond acceptors (Lipinski definition) is 4. The maximum absolute atomic E-state index is 12.7. The van der Waals surface area contributed by atoms with Crippen molar-refractivity contribution >= 4 is 11.9 Å². The van der Waals surface area contributed by atoms with Crippen LogP contribution in [0.4, 0.5) is 18.0 Å². The summed E-state index contributed by atoms with van der Waals surface area (Å²) >= 11 is 0. The maximum Gasteiger partial charge on any atom is 0.401 e. The highest BCUT2D eigenvalue weighted by atomic mass is 19.4. The van der Waals surface area contributed by atoms with E-state index in [0.717, 1.165) is 4.90 Å². The van der Waals surface area contributed by atoms with Gasteiger partial charge >= 0.3 is 12.2 Å². The fourth-order valence-electron chi connectivity index (χ4n) is 2.36. The molecular weight excluding hydrogens is 289 g/mol. The molecule has 0 bridgehead atoms. The Bertz CT molecular complexity index is 370. The average molecular weight is 310 g/mol. The van der Waals surface area contributed by atoms with Crippen LogP contribution in [0.5, 0.6) is 0 Å². The van der Waals surface area contributed by atoms with E-state index in [9.17, 15) is 22.8 Å². The molecule has 0 aromatic heterocycles. The lowest BCUT2D eigenvalue weighted by atomic mass is 10.0. The van der Waals surface area contributed by atoms with E-state index in [0.29, 0.717) is 25.9 Å². The van der Waals surface area contributed by atoms with Gasteiger partial charge in [-0.15, -0.1) is 0 Å². The Balaban J connectivity index is 2.78. The molecule has 1 fully saturated rings. The van der Waals surface area contributed by atoms with Crippen molar-refractivity contribution in [3.8, 4) is 0 Å². The summed E-state index contributed by atoms with van der Waals surface area (Å²) in [5, 5.41) is 7.29. The molecule has 3 amide bonds. The van der Waals surface area contributed by atoms with E-state index in [2.05, 4.69) is 10.6 Å². The highest BCUT2D eigenvalue weighted by molar-refractivity contribution is 5.96. The Morgan fingerprint density at radius 3 is 2.38 bits per heavy atom. The first-order chi connectivity index (χ1) is 9.74. The van der Waals surface area contributed by atoms with Gasteiger partial charge in [-0.1, -0.05) is 0 Å². The standard InChI is InChI=1S/C12H21F3N4O2/c1-8(10(20)18-11(21)16-2)19(7-12(13,14)15)9-3-5-17-6-4-9/h8-9,17H,3-7H2,1-2H3,(H2,16,18,20,21). The minimum Gasteiger partial charge on any atom is -0.341 e. The van der Waals surface area contributed by atoms with Gasteiger partial charge in [0.25, 0.3) is 0 Å². The number of carbonyl (C=O) groups excluding carboxylic acids is 2. The summed E-state index contributed by atoms with van der Waals surface area (Å²) in [7, 11) is 1.33. The molecule has 0 saturated carbocycles. The molecule has 1 atom stereocenters. The predicted octanol–water partition coefficient (Wildman–Crippen LogP) is 0.447.